The van der Waals surface area contributed by atoms with Crippen molar-refractivity contribution in [1.82, 2.24) is 10.6 Å². The van der Waals surface area contributed by atoms with E-state index in [4.69, 9.17) is 14.2 Å². The number of benzene rings is 1. The predicted octanol–water partition coefficient (Wildman–Crippen LogP) is 2.59. The molecular weight excluding hydrogens is 349 g/mol. The van der Waals surface area contributed by atoms with Gasteiger partial charge >= 0.3 is 0 Å². The van der Waals surface area contributed by atoms with Crippen molar-refractivity contribution in [3.8, 4) is 5.75 Å². The van der Waals surface area contributed by atoms with Crippen LogP contribution in [0.25, 0.3) is 0 Å². The molecule has 27 heavy (non-hydrogen) atoms. The number of ether oxygens (including phenoxy) is 3. The van der Waals surface area contributed by atoms with Gasteiger partial charge in [-0.05, 0) is 31.4 Å². The summed E-state index contributed by atoms with van der Waals surface area (Å²) in [6.07, 6.45) is 2.75. The number of nitrogens with one attached hydrogen (secondary N) is 2. The minimum absolute atomic E-state index is 0.0673. The first-order valence-electron chi connectivity index (χ1n) is 9.73. The summed E-state index contributed by atoms with van der Waals surface area (Å²) >= 11 is 0. The molecule has 1 aliphatic heterocycles. The van der Waals surface area contributed by atoms with Crippen molar-refractivity contribution >= 4 is 5.96 Å². The molecule has 1 aromatic rings. The highest BCUT2D eigenvalue weighted by Crippen LogP contribution is 2.15. The van der Waals surface area contributed by atoms with E-state index in [1.807, 2.05) is 6.92 Å². The van der Waals surface area contributed by atoms with Gasteiger partial charge in [0.25, 0.3) is 0 Å². The zero-order valence-corrected chi connectivity index (χ0v) is 16.4. The van der Waals surface area contributed by atoms with E-state index < -0.39 is 0 Å². The summed E-state index contributed by atoms with van der Waals surface area (Å²) in [4.78, 5) is 4.22. The van der Waals surface area contributed by atoms with E-state index >= 15 is 0 Å². The van der Waals surface area contributed by atoms with Crippen molar-refractivity contribution in [2.75, 3.05) is 46.6 Å². The molecule has 1 heterocycles. The zero-order chi connectivity index (χ0) is 19.3. The second kappa shape index (κ2) is 12.5. The largest absolute Gasteiger partial charge is 0.489 e. The molecule has 2 rings (SSSR count). The Morgan fingerprint density at radius 2 is 2.30 bits per heavy atom. The van der Waals surface area contributed by atoms with Crippen LogP contribution in [0.1, 0.15) is 26.2 Å². The van der Waals surface area contributed by atoms with Crippen molar-refractivity contribution in [2.45, 2.75) is 32.3 Å². The molecule has 2 atom stereocenters. The maximum Gasteiger partial charge on any atom is 0.191 e. The van der Waals surface area contributed by atoms with Crippen LogP contribution in [0.15, 0.2) is 29.3 Å². The van der Waals surface area contributed by atoms with Crippen LogP contribution in [0.5, 0.6) is 5.75 Å². The summed E-state index contributed by atoms with van der Waals surface area (Å²) in [7, 11) is 1.74. The average molecular weight is 381 g/mol. The van der Waals surface area contributed by atoms with Crippen molar-refractivity contribution < 1.29 is 18.6 Å². The van der Waals surface area contributed by atoms with Crippen molar-refractivity contribution in [1.29, 1.82) is 0 Å². The Morgan fingerprint density at radius 1 is 1.41 bits per heavy atom. The van der Waals surface area contributed by atoms with Crippen molar-refractivity contribution in [3.05, 3.63) is 30.1 Å². The van der Waals surface area contributed by atoms with Crippen LogP contribution in [0, 0.1) is 11.7 Å². The maximum absolute atomic E-state index is 13.3. The van der Waals surface area contributed by atoms with Crippen LogP contribution in [-0.4, -0.2) is 58.6 Å². The lowest BCUT2D eigenvalue weighted by atomic mass is 10.1. The molecule has 0 saturated carbocycles. The lowest BCUT2D eigenvalue weighted by Gasteiger charge is -2.20. The topological polar surface area (TPSA) is 64.1 Å². The van der Waals surface area contributed by atoms with Crippen LogP contribution >= 0.6 is 0 Å². The van der Waals surface area contributed by atoms with Crippen LogP contribution in [0.3, 0.4) is 0 Å². The second-order valence-corrected chi connectivity index (χ2v) is 6.64. The van der Waals surface area contributed by atoms with Crippen LogP contribution in [0.4, 0.5) is 4.39 Å². The molecule has 1 aromatic carbocycles. The molecule has 2 unspecified atom stereocenters. The Balaban J connectivity index is 1.59. The quantitative estimate of drug-likeness (QED) is 0.350. The Labute approximate surface area is 161 Å². The molecule has 1 saturated heterocycles. The predicted molar refractivity (Wildman–Crippen MR) is 105 cm³/mol. The molecule has 1 aliphatic rings. The first-order chi connectivity index (χ1) is 13.2. The lowest BCUT2D eigenvalue weighted by molar-refractivity contribution is 0.0888. The first-order valence-corrected chi connectivity index (χ1v) is 9.73. The molecule has 1 fully saturated rings. The van der Waals surface area contributed by atoms with E-state index in [2.05, 4.69) is 15.6 Å². The normalized spacial score (nSPS) is 18.3. The molecule has 0 aliphatic carbocycles. The van der Waals surface area contributed by atoms with Crippen LogP contribution < -0.4 is 15.4 Å². The Bertz CT molecular complexity index is 565. The third-order valence-corrected chi connectivity index (χ3v) is 4.41. The molecule has 0 spiro atoms. The van der Waals surface area contributed by atoms with Gasteiger partial charge in [-0.25, -0.2) is 4.39 Å². The van der Waals surface area contributed by atoms with Gasteiger partial charge in [-0.3, -0.25) is 4.99 Å². The van der Waals surface area contributed by atoms with Crippen molar-refractivity contribution in [2.24, 2.45) is 10.9 Å². The second-order valence-electron chi connectivity index (χ2n) is 6.64. The number of halogens is 1. The van der Waals surface area contributed by atoms with Crippen LogP contribution in [0.2, 0.25) is 0 Å². The summed E-state index contributed by atoms with van der Waals surface area (Å²) in [6, 6.07) is 6.21. The van der Waals surface area contributed by atoms with Gasteiger partial charge in [0.1, 0.15) is 17.7 Å². The monoisotopic (exact) mass is 381 g/mol. The molecule has 0 bridgehead atoms. The molecule has 7 heteroatoms. The first kappa shape index (κ1) is 21.4. The number of aliphatic imine (C=N–C) groups is 1. The summed E-state index contributed by atoms with van der Waals surface area (Å²) in [6.45, 7) is 6.59. The standard InChI is InChI=1S/C20H32FN3O3/c1-3-18(27-19-7-4-6-17(21)12-19)13-24-20(22-2)23-9-5-10-25-14-16-8-11-26-15-16/h4,6-7,12,16,18H,3,5,8-11,13-15H2,1-2H3,(H2,22,23,24). The van der Waals surface area contributed by atoms with E-state index in [0.717, 1.165) is 58.2 Å². The summed E-state index contributed by atoms with van der Waals surface area (Å²) in [5.41, 5.74) is 0. The number of rotatable bonds is 11. The Hall–Kier alpha value is -1.86. The van der Waals surface area contributed by atoms with Gasteiger partial charge in [-0.1, -0.05) is 13.0 Å². The van der Waals surface area contributed by atoms with Gasteiger partial charge < -0.3 is 24.8 Å². The zero-order valence-electron chi connectivity index (χ0n) is 16.4. The molecule has 0 radical (unpaired) electrons. The minimum atomic E-state index is -0.296. The number of hydrogen-bond donors (Lipinski definition) is 2. The van der Waals surface area contributed by atoms with Gasteiger partial charge in [0, 0.05) is 38.8 Å². The minimum Gasteiger partial charge on any atom is -0.489 e. The Kier molecular flexibility index (Phi) is 9.94. The average Bonchev–Trinajstić information content (AvgIpc) is 3.19. The SMILES string of the molecule is CCC(CNC(=NC)NCCCOCC1CCOC1)Oc1cccc(F)c1. The van der Waals surface area contributed by atoms with Gasteiger partial charge in [0.05, 0.1) is 19.8 Å². The van der Waals surface area contributed by atoms with Gasteiger partial charge in [-0.2, -0.15) is 0 Å². The van der Waals surface area contributed by atoms with Crippen molar-refractivity contribution in [3.63, 3.8) is 0 Å². The van der Waals surface area contributed by atoms with Gasteiger partial charge in [-0.15, -0.1) is 0 Å². The molecule has 6 nitrogen and oxygen atoms in total. The van der Waals surface area contributed by atoms with Gasteiger partial charge in [0.2, 0.25) is 0 Å². The van der Waals surface area contributed by atoms with E-state index in [9.17, 15) is 4.39 Å². The molecule has 0 amide bonds. The fraction of sp³-hybridized carbons (Fsp3) is 0.650. The highest BCUT2D eigenvalue weighted by atomic mass is 19.1. The molecule has 2 N–H and O–H groups in total. The highest BCUT2D eigenvalue weighted by Gasteiger charge is 2.15. The third kappa shape index (κ3) is 8.58. The highest BCUT2D eigenvalue weighted by molar-refractivity contribution is 5.79. The molecule has 0 aromatic heterocycles. The molecular formula is C20H32FN3O3. The van der Waals surface area contributed by atoms with Crippen LogP contribution in [-0.2, 0) is 9.47 Å². The molecule has 152 valence electrons. The number of hydrogen-bond acceptors (Lipinski definition) is 4. The Morgan fingerprint density at radius 3 is 3.00 bits per heavy atom. The third-order valence-electron chi connectivity index (χ3n) is 4.41. The van der Waals surface area contributed by atoms with E-state index in [1.54, 1.807) is 19.2 Å². The number of guanidine groups is 1. The van der Waals surface area contributed by atoms with E-state index in [-0.39, 0.29) is 11.9 Å². The summed E-state index contributed by atoms with van der Waals surface area (Å²) < 4.78 is 30.1. The van der Waals surface area contributed by atoms with Gasteiger partial charge in [0.15, 0.2) is 5.96 Å². The summed E-state index contributed by atoms with van der Waals surface area (Å²) in [5.74, 6) is 1.52. The fourth-order valence-corrected chi connectivity index (χ4v) is 2.78. The lowest BCUT2D eigenvalue weighted by Crippen LogP contribution is -2.42. The smallest absolute Gasteiger partial charge is 0.191 e. The maximum atomic E-state index is 13.3. The number of nitrogens with zero attached hydrogens (tertiary/aromatic N) is 1. The summed E-state index contributed by atoms with van der Waals surface area (Å²) in [5, 5.41) is 6.52. The van der Waals surface area contributed by atoms with E-state index in [0.29, 0.717) is 18.2 Å². The van der Waals surface area contributed by atoms with E-state index in [1.165, 1.54) is 12.1 Å². The fourth-order valence-electron chi connectivity index (χ4n) is 2.78.